The lowest BCUT2D eigenvalue weighted by molar-refractivity contribution is -0.140. The average Bonchev–Trinajstić information content (AvgIpc) is 4.17. The van der Waals surface area contributed by atoms with E-state index in [9.17, 15) is 28.8 Å². The summed E-state index contributed by atoms with van der Waals surface area (Å²) < 4.78 is 9.12. The van der Waals surface area contributed by atoms with Gasteiger partial charge in [-0.1, -0.05) is 95.2 Å². The van der Waals surface area contributed by atoms with Crippen molar-refractivity contribution in [2.24, 2.45) is 11.3 Å². The minimum atomic E-state index is -0.834. The molecule has 5 amide bonds. The largest absolute Gasteiger partial charge is 0.453 e. The number of carbonyl (C=O) groups is 6. The van der Waals surface area contributed by atoms with Crippen LogP contribution in [0.5, 0.6) is 0 Å². The van der Waals surface area contributed by atoms with Gasteiger partial charge in [-0.25, -0.2) is 19.6 Å². The van der Waals surface area contributed by atoms with Crippen molar-refractivity contribution in [3.8, 4) is 0 Å². The van der Waals surface area contributed by atoms with Gasteiger partial charge in [-0.15, -0.1) is 22.7 Å². The summed E-state index contributed by atoms with van der Waals surface area (Å²) in [5, 5.41) is 13.9. The first-order chi connectivity index (χ1) is 33.0. The van der Waals surface area contributed by atoms with E-state index in [-0.39, 0.29) is 53.6 Å². The van der Waals surface area contributed by atoms with Gasteiger partial charge in [0, 0.05) is 29.5 Å². The Morgan fingerprint density at radius 3 is 1.84 bits per heavy atom. The smallest absolute Gasteiger partial charge is 0.407 e. The second-order valence-electron chi connectivity index (χ2n) is 20.4. The normalized spacial score (nSPS) is 19.1. The lowest BCUT2D eigenvalue weighted by Crippen LogP contribution is -2.57. The quantitative estimate of drug-likeness (QED) is 0.156. The van der Waals surface area contributed by atoms with E-state index in [1.54, 1.807) is 16.2 Å². The first-order valence-electron chi connectivity index (χ1n) is 24.9. The van der Waals surface area contributed by atoms with Crippen molar-refractivity contribution < 1.29 is 38.2 Å². The summed E-state index contributed by atoms with van der Waals surface area (Å²) in [5.41, 5.74) is 3.91. The van der Waals surface area contributed by atoms with Gasteiger partial charge in [0.2, 0.25) is 17.7 Å². The molecule has 18 heteroatoms. The Morgan fingerprint density at radius 1 is 0.771 bits per heavy atom. The second kappa shape index (κ2) is 27.5. The van der Waals surface area contributed by atoms with E-state index in [0.29, 0.717) is 37.5 Å². The number of nitrogens with zero attached hydrogens (tertiary/aromatic N) is 5. The predicted octanol–water partition coefficient (Wildman–Crippen LogP) is 10.2. The molecule has 5 heterocycles. The molecule has 0 radical (unpaired) electrons. The molecule has 2 aromatic heterocycles. The highest BCUT2D eigenvalue weighted by molar-refractivity contribution is 7.14. The second-order valence-corrected chi connectivity index (χ2v) is 22.2. The summed E-state index contributed by atoms with van der Waals surface area (Å²) in [6, 6.07) is 7.21. The van der Waals surface area contributed by atoms with E-state index < -0.39 is 29.7 Å². The molecule has 0 saturated carbocycles. The van der Waals surface area contributed by atoms with Crippen molar-refractivity contribution >= 4 is 69.2 Å². The molecule has 16 nitrogen and oxygen atoms in total. The fourth-order valence-corrected chi connectivity index (χ4v) is 10.2. The molecule has 3 aromatic rings. The summed E-state index contributed by atoms with van der Waals surface area (Å²) in [6.45, 7) is 27.4. The monoisotopic (exact) mass is 1010 g/mol. The van der Waals surface area contributed by atoms with Crippen LogP contribution in [0.3, 0.4) is 0 Å². The zero-order valence-corrected chi connectivity index (χ0v) is 46.2. The number of aromatic nitrogens is 2. The van der Waals surface area contributed by atoms with Gasteiger partial charge in [0.05, 0.1) is 48.7 Å². The number of ether oxygens (including phenoxy) is 2. The van der Waals surface area contributed by atoms with Gasteiger partial charge in [0.1, 0.15) is 18.6 Å². The van der Waals surface area contributed by atoms with Crippen molar-refractivity contribution in [3.05, 3.63) is 57.0 Å². The third-order valence-electron chi connectivity index (χ3n) is 11.9. The molecule has 3 saturated heterocycles. The van der Waals surface area contributed by atoms with Gasteiger partial charge in [0.25, 0.3) is 0 Å². The molecule has 0 bridgehead atoms. The van der Waals surface area contributed by atoms with Crippen LogP contribution in [0.2, 0.25) is 0 Å². The summed E-state index contributed by atoms with van der Waals surface area (Å²) in [7, 11) is 2.50. The van der Waals surface area contributed by atoms with E-state index in [0.717, 1.165) is 55.1 Å². The van der Waals surface area contributed by atoms with Crippen LogP contribution in [0.25, 0.3) is 0 Å². The first-order valence-corrected chi connectivity index (χ1v) is 26.6. The van der Waals surface area contributed by atoms with Crippen molar-refractivity contribution in [1.29, 1.82) is 0 Å². The number of hydrogen-bond acceptors (Lipinski definition) is 13. The van der Waals surface area contributed by atoms with Crippen LogP contribution in [0.4, 0.5) is 20.4 Å². The predicted molar refractivity (Wildman–Crippen MR) is 280 cm³/mol. The van der Waals surface area contributed by atoms with Crippen LogP contribution in [0.15, 0.2) is 35.0 Å². The Morgan fingerprint density at radius 2 is 1.31 bits per heavy atom. The Bertz CT molecular complexity index is 2160. The molecule has 3 aliphatic heterocycles. The lowest BCUT2D eigenvalue weighted by atomic mass is 9.85. The summed E-state index contributed by atoms with van der Waals surface area (Å²) >= 11 is 3.14. The minimum Gasteiger partial charge on any atom is -0.453 e. The number of ketones is 1. The molecular weight excluding hydrogens is 929 g/mol. The third kappa shape index (κ3) is 16.8. The fourth-order valence-electron chi connectivity index (χ4n) is 8.48. The van der Waals surface area contributed by atoms with Crippen molar-refractivity contribution in [2.75, 3.05) is 44.1 Å². The summed E-state index contributed by atoms with van der Waals surface area (Å²) in [5.74, 6) is 0.0176. The van der Waals surface area contributed by atoms with Crippen molar-refractivity contribution in [3.63, 3.8) is 0 Å². The SMILES string of the molecule is CC.CC(C)C.CCCc1nc([C@@H]2CC[C@@H](c3csc(NC(=O)[C@@H]4CCCN4C(=O)[C@@H](NC(=O)OC)C(C)(C)C)n3)N2c2ccc(C(C)(C)C)cc2)cs1.COC(=O)NCC(=O)N1CCCC1C(C)=O. The zero-order valence-electron chi connectivity index (χ0n) is 44.5. The molecule has 6 rings (SSSR count). The lowest BCUT2D eigenvalue weighted by Gasteiger charge is -2.34. The highest BCUT2D eigenvalue weighted by Crippen LogP contribution is 2.48. The molecule has 3 aliphatic rings. The van der Waals surface area contributed by atoms with Gasteiger partial charge >= 0.3 is 12.2 Å². The van der Waals surface area contributed by atoms with E-state index in [1.807, 2.05) is 40.0 Å². The number of rotatable bonds is 12. The topological polar surface area (TPSA) is 192 Å². The number of alkyl carbamates (subject to hydrolysis) is 2. The number of hydrogen-bond donors (Lipinski definition) is 3. The highest BCUT2D eigenvalue weighted by Gasteiger charge is 2.43. The summed E-state index contributed by atoms with van der Waals surface area (Å²) in [4.78, 5) is 88.6. The maximum Gasteiger partial charge on any atom is 0.407 e. The van der Waals surface area contributed by atoms with Crippen LogP contribution < -0.4 is 20.9 Å². The fraction of sp³-hybridized carbons (Fsp3) is 0.654. The van der Waals surface area contributed by atoms with Crippen LogP contribution in [0.1, 0.15) is 169 Å². The molecule has 0 spiro atoms. The molecule has 5 atom stereocenters. The molecule has 0 aliphatic carbocycles. The minimum absolute atomic E-state index is 0.0103. The summed E-state index contributed by atoms with van der Waals surface area (Å²) in [6.07, 6.45) is 5.37. The number of carbonyl (C=O) groups excluding carboxylic acids is 6. The standard InChI is InChI=1S/C36H50N6O4S2.C10H16N2O4.C4H10.C2H6/c1-9-11-29-37-24(20-47-29)26-17-18-27(42(26)23-15-13-22(14-16-23)35(2,3)4)25-21-48-33(38-25)40-31(43)28-12-10-19-41(28)32(44)30(36(5,6)7)39-34(45)46-8;1-7(13)8-4-3-5-12(8)9(14)6-11-10(15)16-2;1-4(2)3;1-2/h13-16,20-21,26-28,30H,9-12,17-19H2,1-8H3,(H,39,45)(H,38,40,43);8H,3-6H2,1-2H3,(H,11,15);4H,1-3H3;1-2H3/t26-,27-,28-,30+;;;/m0.../s1. The maximum absolute atomic E-state index is 13.7. The Balaban J connectivity index is 0.000000490. The number of likely N-dealkylation sites (tertiary alicyclic amines) is 2. The maximum atomic E-state index is 13.7. The number of benzene rings is 1. The Kier molecular flexibility index (Phi) is 23.3. The number of anilines is 2. The number of Topliss-reactive ketones (excluding diaryl/α,β-unsaturated/α-hetero) is 1. The third-order valence-corrected chi connectivity index (χ3v) is 13.6. The van der Waals surface area contributed by atoms with Crippen molar-refractivity contribution in [1.82, 2.24) is 30.4 Å². The van der Waals surface area contributed by atoms with E-state index in [4.69, 9.17) is 14.7 Å². The first kappa shape index (κ1) is 59.2. The molecule has 70 heavy (non-hydrogen) atoms. The van der Waals surface area contributed by atoms with Gasteiger partial charge in [-0.2, -0.15) is 0 Å². The molecule has 1 aromatic carbocycles. The molecule has 1 unspecified atom stereocenters. The van der Waals surface area contributed by atoms with Crippen molar-refractivity contribution in [2.45, 2.75) is 177 Å². The van der Waals surface area contributed by atoms with Crippen LogP contribution in [0, 0.1) is 11.3 Å². The van der Waals surface area contributed by atoms with E-state index in [1.165, 1.54) is 48.0 Å². The number of nitrogens with one attached hydrogen (secondary N) is 3. The van der Waals surface area contributed by atoms with Gasteiger partial charge in [0.15, 0.2) is 10.9 Å². The van der Waals surface area contributed by atoms with Crippen LogP contribution >= 0.6 is 22.7 Å². The van der Waals surface area contributed by atoms with E-state index >= 15 is 0 Å². The van der Waals surface area contributed by atoms with E-state index in [2.05, 4.69) is 104 Å². The van der Waals surface area contributed by atoms with Gasteiger partial charge < -0.3 is 40.1 Å². The molecule has 3 N–H and O–H groups in total. The average molecular weight is 1010 g/mol. The van der Waals surface area contributed by atoms with Crippen LogP contribution in [-0.2, 0) is 40.5 Å². The highest BCUT2D eigenvalue weighted by atomic mass is 32.1. The Labute approximate surface area is 425 Å². The number of aryl methyl sites for hydroxylation is 1. The van der Waals surface area contributed by atoms with Gasteiger partial charge in [-0.3, -0.25) is 19.2 Å². The number of methoxy groups -OCH3 is 2. The molecular formula is C52H82N8O8S2. The number of amides is 5. The Hall–Kier alpha value is -5.10. The zero-order chi connectivity index (χ0) is 52.5. The molecule has 3 fully saturated rings. The van der Waals surface area contributed by atoms with Crippen LogP contribution in [-0.4, -0.2) is 107 Å². The molecule has 390 valence electrons. The number of thiazole rings is 2. The van der Waals surface area contributed by atoms with Gasteiger partial charge in [-0.05, 0) is 92.7 Å².